The summed E-state index contributed by atoms with van der Waals surface area (Å²) in [5.74, 6) is 2.59. The van der Waals surface area contributed by atoms with E-state index < -0.39 is 6.10 Å². The zero-order valence-electron chi connectivity index (χ0n) is 17.0. The third-order valence-electron chi connectivity index (χ3n) is 4.08. The number of hydrogen-bond acceptors (Lipinski definition) is 5. The normalized spacial score (nSPS) is 11.4. The Labute approximate surface area is 166 Å². The Bertz CT molecular complexity index is 745. The average molecular weight is 387 g/mol. The zero-order chi connectivity index (χ0) is 20.4. The largest absolute Gasteiger partial charge is 0.497 e. The van der Waals surface area contributed by atoms with E-state index in [-0.39, 0.29) is 5.91 Å². The van der Waals surface area contributed by atoms with E-state index in [9.17, 15) is 4.79 Å². The van der Waals surface area contributed by atoms with E-state index in [1.165, 1.54) is 0 Å². The Balaban J connectivity index is 1.97. The standard InChI is InChI=1S/C22H29NO5/c1-5-19(28-18-11-9-17(25-4)10-12-18)22(24)23-15-16-8-13-20(26-6-2)21(14-16)27-7-3/h8-14,19H,5-7,15H2,1-4H3,(H,23,24)/t19-/m1/s1. The third-order valence-corrected chi connectivity index (χ3v) is 4.08. The summed E-state index contributed by atoms with van der Waals surface area (Å²) in [7, 11) is 1.61. The van der Waals surface area contributed by atoms with Crippen molar-refractivity contribution in [3.05, 3.63) is 48.0 Å². The lowest BCUT2D eigenvalue weighted by Crippen LogP contribution is -2.37. The maximum absolute atomic E-state index is 12.5. The van der Waals surface area contributed by atoms with Crippen LogP contribution in [0.1, 0.15) is 32.8 Å². The van der Waals surface area contributed by atoms with Crippen molar-refractivity contribution >= 4 is 5.91 Å². The van der Waals surface area contributed by atoms with Crippen molar-refractivity contribution in [2.24, 2.45) is 0 Å². The molecule has 2 aromatic rings. The van der Waals surface area contributed by atoms with Crippen molar-refractivity contribution in [3.63, 3.8) is 0 Å². The first-order valence-corrected chi connectivity index (χ1v) is 9.58. The molecule has 2 rings (SSSR count). The highest BCUT2D eigenvalue weighted by molar-refractivity contribution is 5.81. The van der Waals surface area contributed by atoms with Crippen LogP contribution >= 0.6 is 0 Å². The molecule has 0 bridgehead atoms. The molecule has 152 valence electrons. The van der Waals surface area contributed by atoms with Crippen LogP contribution in [0.5, 0.6) is 23.0 Å². The number of benzene rings is 2. The highest BCUT2D eigenvalue weighted by atomic mass is 16.5. The van der Waals surface area contributed by atoms with Gasteiger partial charge in [-0.3, -0.25) is 4.79 Å². The number of methoxy groups -OCH3 is 1. The number of amides is 1. The number of carbonyl (C=O) groups is 1. The van der Waals surface area contributed by atoms with Crippen LogP contribution in [-0.4, -0.2) is 32.3 Å². The van der Waals surface area contributed by atoms with Gasteiger partial charge in [0.1, 0.15) is 11.5 Å². The summed E-state index contributed by atoms with van der Waals surface area (Å²) >= 11 is 0. The number of nitrogens with one attached hydrogen (secondary N) is 1. The molecular weight excluding hydrogens is 358 g/mol. The van der Waals surface area contributed by atoms with Gasteiger partial charge in [0.25, 0.3) is 5.91 Å². The van der Waals surface area contributed by atoms with Crippen LogP contribution in [-0.2, 0) is 11.3 Å². The van der Waals surface area contributed by atoms with E-state index >= 15 is 0 Å². The molecule has 0 unspecified atom stereocenters. The van der Waals surface area contributed by atoms with E-state index in [0.29, 0.717) is 43.4 Å². The van der Waals surface area contributed by atoms with Crippen molar-refractivity contribution in [1.82, 2.24) is 5.32 Å². The Kier molecular flexibility index (Phi) is 8.46. The molecule has 28 heavy (non-hydrogen) atoms. The predicted octanol–water partition coefficient (Wildman–Crippen LogP) is 3.97. The van der Waals surface area contributed by atoms with Gasteiger partial charge in [0.15, 0.2) is 17.6 Å². The summed E-state index contributed by atoms with van der Waals surface area (Å²) < 4.78 is 22.1. The van der Waals surface area contributed by atoms with Crippen LogP contribution in [0.2, 0.25) is 0 Å². The van der Waals surface area contributed by atoms with E-state index in [2.05, 4.69) is 5.32 Å². The molecule has 2 aromatic carbocycles. The number of carbonyl (C=O) groups excluding carboxylic acids is 1. The molecule has 0 saturated carbocycles. The first-order chi connectivity index (χ1) is 13.6. The van der Waals surface area contributed by atoms with E-state index in [0.717, 1.165) is 11.3 Å². The van der Waals surface area contributed by atoms with E-state index in [1.54, 1.807) is 31.4 Å². The minimum atomic E-state index is -0.567. The van der Waals surface area contributed by atoms with Crippen LogP contribution in [0.3, 0.4) is 0 Å². The van der Waals surface area contributed by atoms with Crippen LogP contribution < -0.4 is 24.3 Å². The molecule has 0 heterocycles. The Morgan fingerprint density at radius 2 is 1.57 bits per heavy atom. The lowest BCUT2D eigenvalue weighted by atomic mass is 10.2. The predicted molar refractivity (Wildman–Crippen MR) is 108 cm³/mol. The molecule has 1 N–H and O–H groups in total. The second kappa shape index (κ2) is 11.1. The Morgan fingerprint density at radius 1 is 0.929 bits per heavy atom. The van der Waals surface area contributed by atoms with Gasteiger partial charge in [-0.05, 0) is 62.2 Å². The first-order valence-electron chi connectivity index (χ1n) is 9.58. The van der Waals surface area contributed by atoms with E-state index in [4.69, 9.17) is 18.9 Å². The second-order valence-electron chi connectivity index (χ2n) is 6.06. The highest BCUT2D eigenvalue weighted by Crippen LogP contribution is 2.28. The Morgan fingerprint density at radius 3 is 2.18 bits per heavy atom. The number of ether oxygens (including phenoxy) is 4. The van der Waals surface area contributed by atoms with Gasteiger partial charge in [-0.15, -0.1) is 0 Å². The summed E-state index contributed by atoms with van der Waals surface area (Å²) in [6.07, 6.45) is -0.00632. The van der Waals surface area contributed by atoms with Crippen LogP contribution in [0.25, 0.3) is 0 Å². The summed E-state index contributed by atoms with van der Waals surface area (Å²) in [5, 5.41) is 2.93. The van der Waals surface area contributed by atoms with Crippen LogP contribution in [0.15, 0.2) is 42.5 Å². The third kappa shape index (κ3) is 6.08. The van der Waals surface area contributed by atoms with Crippen molar-refractivity contribution in [2.75, 3.05) is 20.3 Å². The summed E-state index contributed by atoms with van der Waals surface area (Å²) in [4.78, 5) is 12.5. The van der Waals surface area contributed by atoms with E-state index in [1.807, 2.05) is 39.0 Å². The SMILES string of the molecule is CCOc1ccc(CNC(=O)[C@@H](CC)Oc2ccc(OC)cc2)cc1OCC. The fourth-order valence-electron chi connectivity index (χ4n) is 2.65. The van der Waals surface area contributed by atoms with Crippen molar-refractivity contribution in [2.45, 2.75) is 39.8 Å². The first kappa shape index (κ1) is 21.4. The fourth-order valence-corrected chi connectivity index (χ4v) is 2.65. The minimum absolute atomic E-state index is 0.162. The fraction of sp³-hybridized carbons (Fsp3) is 0.409. The van der Waals surface area contributed by atoms with Gasteiger partial charge in [-0.25, -0.2) is 0 Å². The molecule has 0 radical (unpaired) electrons. The molecule has 1 atom stereocenters. The summed E-state index contributed by atoms with van der Waals surface area (Å²) in [6, 6.07) is 12.8. The number of hydrogen-bond donors (Lipinski definition) is 1. The molecule has 0 spiro atoms. The minimum Gasteiger partial charge on any atom is -0.497 e. The van der Waals surface area contributed by atoms with Gasteiger partial charge < -0.3 is 24.3 Å². The molecule has 1 amide bonds. The summed E-state index contributed by atoms with van der Waals surface area (Å²) in [5.41, 5.74) is 0.930. The molecule has 6 heteroatoms. The molecule has 0 saturated heterocycles. The van der Waals surface area contributed by atoms with Gasteiger partial charge >= 0.3 is 0 Å². The highest BCUT2D eigenvalue weighted by Gasteiger charge is 2.18. The quantitative estimate of drug-likeness (QED) is 0.632. The molecule has 0 fully saturated rings. The number of rotatable bonds is 11. The average Bonchev–Trinajstić information content (AvgIpc) is 2.72. The molecule has 0 aromatic heterocycles. The maximum Gasteiger partial charge on any atom is 0.261 e. The smallest absolute Gasteiger partial charge is 0.261 e. The topological polar surface area (TPSA) is 66.0 Å². The Hall–Kier alpha value is -2.89. The molecule has 0 aliphatic carbocycles. The molecule has 0 aliphatic rings. The van der Waals surface area contributed by atoms with Crippen LogP contribution in [0, 0.1) is 0 Å². The molecular formula is C22H29NO5. The second-order valence-corrected chi connectivity index (χ2v) is 6.06. The molecule has 0 aliphatic heterocycles. The van der Waals surface area contributed by atoms with Gasteiger partial charge in [-0.2, -0.15) is 0 Å². The lowest BCUT2D eigenvalue weighted by Gasteiger charge is -2.18. The van der Waals surface area contributed by atoms with Gasteiger partial charge in [-0.1, -0.05) is 13.0 Å². The zero-order valence-corrected chi connectivity index (χ0v) is 17.0. The van der Waals surface area contributed by atoms with Gasteiger partial charge in [0.2, 0.25) is 0 Å². The monoisotopic (exact) mass is 387 g/mol. The van der Waals surface area contributed by atoms with Crippen molar-refractivity contribution in [3.8, 4) is 23.0 Å². The van der Waals surface area contributed by atoms with Crippen LogP contribution in [0.4, 0.5) is 0 Å². The lowest BCUT2D eigenvalue weighted by molar-refractivity contribution is -0.128. The van der Waals surface area contributed by atoms with Gasteiger partial charge in [0.05, 0.1) is 20.3 Å². The van der Waals surface area contributed by atoms with Crippen molar-refractivity contribution in [1.29, 1.82) is 0 Å². The molecule has 6 nitrogen and oxygen atoms in total. The van der Waals surface area contributed by atoms with Crippen molar-refractivity contribution < 1.29 is 23.7 Å². The maximum atomic E-state index is 12.5. The van der Waals surface area contributed by atoms with Gasteiger partial charge in [0, 0.05) is 6.54 Å². The summed E-state index contributed by atoms with van der Waals surface area (Å²) in [6.45, 7) is 7.26.